The number of phenols is 1. The van der Waals surface area contributed by atoms with Crippen LogP contribution in [-0.4, -0.2) is 11.7 Å². The van der Waals surface area contributed by atoms with Gasteiger partial charge < -0.3 is 10.4 Å². The minimum absolute atomic E-state index is 0.0754. The third-order valence-electron chi connectivity index (χ3n) is 2.43. The quantitative estimate of drug-likeness (QED) is 0.545. The van der Waals surface area contributed by atoms with Crippen LogP contribution in [0.2, 0.25) is 0 Å². The normalized spacial score (nSPS) is 10.1. The van der Waals surface area contributed by atoms with Crippen molar-refractivity contribution in [2.45, 2.75) is 32.6 Å². The van der Waals surface area contributed by atoms with Gasteiger partial charge in [-0.25, -0.2) is 0 Å². The summed E-state index contributed by atoms with van der Waals surface area (Å²) in [6, 6.07) is 4.78. The van der Waals surface area contributed by atoms with Gasteiger partial charge in [0, 0.05) is 18.3 Å². The van der Waals surface area contributed by atoms with Gasteiger partial charge in [-0.3, -0.25) is 0 Å². The van der Waals surface area contributed by atoms with E-state index in [1.54, 1.807) is 6.07 Å². The van der Waals surface area contributed by atoms with Crippen molar-refractivity contribution >= 4 is 11.4 Å². The molecular weight excluding hydrogens is 204 g/mol. The molecule has 4 heteroatoms. The molecule has 0 saturated heterocycles. The summed E-state index contributed by atoms with van der Waals surface area (Å²) in [6.45, 7) is 3.06. The lowest BCUT2D eigenvalue weighted by molar-refractivity contribution is 0.477. The van der Waals surface area contributed by atoms with Crippen LogP contribution < -0.4 is 5.32 Å². The Morgan fingerprint density at radius 3 is 2.75 bits per heavy atom. The number of hydrogen-bond donors (Lipinski definition) is 2. The van der Waals surface area contributed by atoms with E-state index < -0.39 is 0 Å². The van der Waals surface area contributed by atoms with Crippen molar-refractivity contribution in [3.05, 3.63) is 23.1 Å². The van der Waals surface area contributed by atoms with Crippen LogP contribution in [0.5, 0.6) is 5.75 Å². The first-order valence-corrected chi connectivity index (χ1v) is 5.68. The summed E-state index contributed by atoms with van der Waals surface area (Å²) in [7, 11) is 0. The van der Waals surface area contributed by atoms with Crippen molar-refractivity contribution in [2.75, 3.05) is 11.9 Å². The number of aromatic hydroxyl groups is 1. The Morgan fingerprint density at radius 1 is 1.31 bits per heavy atom. The Balaban J connectivity index is 2.37. The Labute approximate surface area is 95.7 Å². The summed E-state index contributed by atoms with van der Waals surface area (Å²) in [5, 5.41) is 15.3. The average Bonchev–Trinajstić information content (AvgIpc) is 2.29. The van der Waals surface area contributed by atoms with E-state index in [2.05, 4.69) is 17.4 Å². The highest BCUT2D eigenvalue weighted by Crippen LogP contribution is 2.28. The third-order valence-corrected chi connectivity index (χ3v) is 2.43. The first-order valence-electron chi connectivity index (χ1n) is 5.68. The predicted octanol–water partition coefficient (Wildman–Crippen LogP) is 3.78. The van der Waals surface area contributed by atoms with Gasteiger partial charge in [0.25, 0.3) is 0 Å². The highest BCUT2D eigenvalue weighted by atomic mass is 16.3. The zero-order valence-electron chi connectivity index (χ0n) is 9.57. The monoisotopic (exact) mass is 222 g/mol. The summed E-state index contributed by atoms with van der Waals surface area (Å²) >= 11 is 0. The molecule has 1 aromatic rings. The van der Waals surface area contributed by atoms with Crippen LogP contribution in [0.4, 0.5) is 11.4 Å². The van der Waals surface area contributed by atoms with Gasteiger partial charge in [-0.1, -0.05) is 26.2 Å². The van der Waals surface area contributed by atoms with E-state index in [9.17, 15) is 10.0 Å². The van der Waals surface area contributed by atoms with Crippen molar-refractivity contribution < 1.29 is 5.11 Å². The predicted molar refractivity (Wildman–Crippen MR) is 66.2 cm³/mol. The van der Waals surface area contributed by atoms with E-state index in [0.717, 1.165) is 18.7 Å². The van der Waals surface area contributed by atoms with Gasteiger partial charge in [0.2, 0.25) is 0 Å². The van der Waals surface area contributed by atoms with Gasteiger partial charge in [0.15, 0.2) is 0 Å². The fourth-order valence-corrected chi connectivity index (χ4v) is 1.50. The lowest BCUT2D eigenvalue weighted by atomic mass is 10.2. The molecule has 0 bridgehead atoms. The minimum atomic E-state index is -0.0754. The fourth-order valence-electron chi connectivity index (χ4n) is 1.50. The number of unbranched alkanes of at least 4 members (excludes halogenated alkanes) is 3. The first kappa shape index (κ1) is 12.5. The van der Waals surface area contributed by atoms with Crippen molar-refractivity contribution in [2.24, 2.45) is 5.18 Å². The highest BCUT2D eigenvalue weighted by Gasteiger charge is 2.01. The van der Waals surface area contributed by atoms with Crippen molar-refractivity contribution in [1.82, 2.24) is 0 Å². The molecule has 88 valence electrons. The van der Waals surface area contributed by atoms with Gasteiger partial charge in [0.1, 0.15) is 11.4 Å². The topological polar surface area (TPSA) is 61.7 Å². The van der Waals surface area contributed by atoms with Gasteiger partial charge in [-0.2, -0.15) is 0 Å². The van der Waals surface area contributed by atoms with Gasteiger partial charge in [-0.15, -0.1) is 4.91 Å². The summed E-state index contributed by atoms with van der Waals surface area (Å²) in [5.41, 5.74) is 0.901. The average molecular weight is 222 g/mol. The zero-order chi connectivity index (χ0) is 11.8. The van der Waals surface area contributed by atoms with E-state index in [-0.39, 0.29) is 11.4 Å². The number of anilines is 1. The molecule has 16 heavy (non-hydrogen) atoms. The summed E-state index contributed by atoms with van der Waals surface area (Å²) in [6.07, 6.45) is 4.80. The smallest absolute Gasteiger partial charge is 0.149 e. The summed E-state index contributed by atoms with van der Waals surface area (Å²) < 4.78 is 0. The lowest BCUT2D eigenvalue weighted by Gasteiger charge is -2.06. The Morgan fingerprint density at radius 2 is 2.12 bits per heavy atom. The van der Waals surface area contributed by atoms with E-state index in [4.69, 9.17) is 0 Å². The molecule has 0 radical (unpaired) electrons. The number of rotatable bonds is 7. The molecular formula is C12H18N2O2. The Bertz CT molecular complexity index is 340. The van der Waals surface area contributed by atoms with E-state index >= 15 is 0 Å². The van der Waals surface area contributed by atoms with Crippen LogP contribution in [-0.2, 0) is 0 Å². The van der Waals surface area contributed by atoms with Crippen molar-refractivity contribution in [3.8, 4) is 5.75 Å². The number of benzene rings is 1. The number of hydrogen-bond acceptors (Lipinski definition) is 4. The SMILES string of the molecule is CCCCCCNc1ccc(N=O)c(O)c1. The molecule has 0 aromatic heterocycles. The molecule has 1 aromatic carbocycles. The van der Waals surface area contributed by atoms with Crippen LogP contribution in [0.1, 0.15) is 32.6 Å². The number of nitroso groups, excluding NO2 is 1. The molecule has 0 fully saturated rings. The van der Waals surface area contributed by atoms with Crippen LogP contribution in [0.15, 0.2) is 23.4 Å². The molecule has 0 amide bonds. The minimum Gasteiger partial charge on any atom is -0.505 e. The molecule has 1 rings (SSSR count). The zero-order valence-corrected chi connectivity index (χ0v) is 9.57. The van der Waals surface area contributed by atoms with E-state index in [0.29, 0.717) is 0 Å². The van der Waals surface area contributed by atoms with E-state index in [1.807, 2.05) is 0 Å². The molecule has 0 aliphatic heterocycles. The molecule has 0 saturated carbocycles. The molecule has 0 heterocycles. The second-order valence-electron chi connectivity index (χ2n) is 3.78. The molecule has 0 aliphatic carbocycles. The number of nitrogens with one attached hydrogen (secondary N) is 1. The molecule has 0 atom stereocenters. The summed E-state index contributed by atoms with van der Waals surface area (Å²) in [4.78, 5) is 10.2. The maximum absolute atomic E-state index is 10.2. The Hall–Kier alpha value is -1.58. The summed E-state index contributed by atoms with van der Waals surface area (Å²) in [5.74, 6) is -0.0754. The fraction of sp³-hybridized carbons (Fsp3) is 0.500. The van der Waals surface area contributed by atoms with Crippen molar-refractivity contribution in [1.29, 1.82) is 0 Å². The lowest BCUT2D eigenvalue weighted by Crippen LogP contribution is -2.00. The van der Waals surface area contributed by atoms with Gasteiger partial charge in [-0.05, 0) is 23.7 Å². The van der Waals surface area contributed by atoms with Gasteiger partial charge in [0.05, 0.1) is 0 Å². The Kier molecular flexibility index (Phi) is 5.32. The maximum atomic E-state index is 10.2. The second kappa shape index (κ2) is 6.82. The number of nitrogens with zero attached hydrogens (tertiary/aromatic N) is 1. The van der Waals surface area contributed by atoms with Crippen LogP contribution in [0, 0.1) is 4.91 Å². The van der Waals surface area contributed by atoms with Crippen LogP contribution >= 0.6 is 0 Å². The van der Waals surface area contributed by atoms with Crippen LogP contribution in [0.3, 0.4) is 0 Å². The first-order chi connectivity index (χ1) is 7.77. The molecule has 4 nitrogen and oxygen atoms in total. The molecule has 0 aliphatic rings. The van der Waals surface area contributed by atoms with E-state index in [1.165, 1.54) is 31.4 Å². The second-order valence-corrected chi connectivity index (χ2v) is 3.78. The largest absolute Gasteiger partial charge is 0.505 e. The van der Waals surface area contributed by atoms with Crippen LogP contribution in [0.25, 0.3) is 0 Å². The standard InChI is InChI=1S/C12H18N2O2/c1-2-3-4-5-8-13-10-6-7-11(14-16)12(15)9-10/h6-7,9,13,15H,2-5,8H2,1H3. The highest BCUT2D eigenvalue weighted by molar-refractivity contribution is 5.60. The molecule has 0 spiro atoms. The number of phenolic OH excluding ortho intramolecular Hbond substituents is 1. The van der Waals surface area contributed by atoms with Gasteiger partial charge >= 0.3 is 0 Å². The van der Waals surface area contributed by atoms with Crippen molar-refractivity contribution in [3.63, 3.8) is 0 Å². The molecule has 0 unspecified atom stereocenters. The molecule has 2 N–H and O–H groups in total. The third kappa shape index (κ3) is 3.88. The maximum Gasteiger partial charge on any atom is 0.149 e.